The summed E-state index contributed by atoms with van der Waals surface area (Å²) in [5.74, 6) is 7.71. The fraction of sp³-hybridized carbons (Fsp3) is 0.389. The van der Waals surface area contributed by atoms with E-state index in [9.17, 15) is 4.79 Å². The summed E-state index contributed by atoms with van der Waals surface area (Å²) in [6, 6.07) is 13.6. The van der Waals surface area contributed by atoms with Crippen LogP contribution in [0.2, 0.25) is 0 Å². The lowest BCUT2D eigenvalue weighted by Crippen LogP contribution is -3.05. The standard InChI is InChI=1S/C34H43N7O2.C2H4O2/c1-6-26(15-19-39(3)4)16-20-40(5)34(42)30-14-11-28(23-25(30)2)38-32-33-37-24-31(41(33)21-18-36-32)27-9-12-29(13-10-27)43-22-8-7-17-35;1-4-2-3/h9-14,18,21,23-24,26H,6,15-17,19-20,22,35H2,1-5H3,(H,36,38);2H,1H3/p+1. The number of hydrogen-bond donors (Lipinski definition) is 3. The van der Waals surface area contributed by atoms with Crippen molar-refractivity contribution in [3.05, 3.63) is 72.2 Å². The highest BCUT2D eigenvalue weighted by Crippen LogP contribution is 2.27. The van der Waals surface area contributed by atoms with Gasteiger partial charge in [-0.2, -0.15) is 0 Å². The molecule has 0 saturated heterocycles. The molecule has 4 aromatic rings. The monoisotopic (exact) mass is 642 g/mol. The maximum atomic E-state index is 13.3. The van der Waals surface area contributed by atoms with Crippen molar-refractivity contribution in [2.75, 3.05) is 59.8 Å². The second-order valence-electron chi connectivity index (χ2n) is 11.5. The zero-order chi connectivity index (χ0) is 34.2. The minimum atomic E-state index is 0.0511. The first-order chi connectivity index (χ1) is 22.7. The largest absolute Gasteiger partial charge is 0.481 e. The van der Waals surface area contributed by atoms with Crippen LogP contribution in [0, 0.1) is 24.7 Å². The highest BCUT2D eigenvalue weighted by atomic mass is 16.5. The summed E-state index contributed by atoms with van der Waals surface area (Å²) < 4.78 is 11.5. The van der Waals surface area contributed by atoms with Crippen molar-refractivity contribution in [1.29, 1.82) is 0 Å². The maximum absolute atomic E-state index is 13.3. The molecular formula is C36H48N7O4+. The molecular weight excluding hydrogens is 594 g/mol. The third-order valence-corrected chi connectivity index (χ3v) is 7.78. The Morgan fingerprint density at radius 2 is 1.89 bits per heavy atom. The fourth-order valence-electron chi connectivity index (χ4n) is 5.03. The molecule has 0 fully saturated rings. The minimum absolute atomic E-state index is 0.0511. The van der Waals surface area contributed by atoms with Crippen LogP contribution >= 0.6 is 0 Å². The number of rotatable bonds is 14. The van der Waals surface area contributed by atoms with Crippen LogP contribution in [0.25, 0.3) is 16.9 Å². The van der Waals surface area contributed by atoms with Crippen molar-refractivity contribution in [3.8, 4) is 28.8 Å². The van der Waals surface area contributed by atoms with Gasteiger partial charge in [-0.3, -0.25) is 14.0 Å². The van der Waals surface area contributed by atoms with Crippen LogP contribution in [-0.4, -0.2) is 86.1 Å². The van der Waals surface area contributed by atoms with Gasteiger partial charge in [-0.25, -0.2) is 9.97 Å². The summed E-state index contributed by atoms with van der Waals surface area (Å²) in [7, 11) is 7.59. The predicted molar refractivity (Wildman–Crippen MR) is 186 cm³/mol. The van der Waals surface area contributed by atoms with Gasteiger partial charge < -0.3 is 30.3 Å². The summed E-state index contributed by atoms with van der Waals surface area (Å²) in [6.07, 6.45) is 8.82. The van der Waals surface area contributed by atoms with Crippen molar-refractivity contribution in [2.24, 2.45) is 11.7 Å². The smallest absolute Gasteiger partial charge is 0.292 e. The van der Waals surface area contributed by atoms with E-state index in [1.807, 2.05) is 78.1 Å². The number of nitrogens with one attached hydrogen (secondary N) is 2. The van der Waals surface area contributed by atoms with E-state index in [-0.39, 0.29) is 5.91 Å². The molecule has 2 heterocycles. The van der Waals surface area contributed by atoms with Crippen LogP contribution in [0.3, 0.4) is 0 Å². The summed E-state index contributed by atoms with van der Waals surface area (Å²) >= 11 is 0. The molecule has 11 nitrogen and oxygen atoms in total. The number of aryl methyl sites for hydroxylation is 1. The zero-order valence-electron chi connectivity index (χ0n) is 28.4. The van der Waals surface area contributed by atoms with Gasteiger partial charge in [-0.1, -0.05) is 25.2 Å². The average molecular weight is 643 g/mol. The van der Waals surface area contributed by atoms with Crippen molar-refractivity contribution in [1.82, 2.24) is 19.3 Å². The molecule has 1 atom stereocenters. The van der Waals surface area contributed by atoms with Gasteiger partial charge in [-0.05, 0) is 73.7 Å². The molecule has 4 N–H and O–H groups in total. The molecule has 47 heavy (non-hydrogen) atoms. The number of nitrogens with two attached hydrogens (primary N) is 1. The number of ether oxygens (including phenoxy) is 2. The van der Waals surface area contributed by atoms with Crippen LogP contribution in [0.4, 0.5) is 11.5 Å². The Morgan fingerprint density at radius 1 is 1.15 bits per heavy atom. The van der Waals surface area contributed by atoms with E-state index in [0.717, 1.165) is 54.2 Å². The third kappa shape index (κ3) is 10.8. The Hall–Kier alpha value is -4.92. The van der Waals surface area contributed by atoms with E-state index >= 15 is 0 Å². The maximum Gasteiger partial charge on any atom is 0.292 e. The van der Waals surface area contributed by atoms with Gasteiger partial charge in [0.2, 0.25) is 0 Å². The lowest BCUT2D eigenvalue weighted by molar-refractivity contribution is -0.858. The molecule has 1 unspecified atom stereocenters. The summed E-state index contributed by atoms with van der Waals surface area (Å²) in [4.78, 5) is 34.7. The molecule has 2 aromatic carbocycles. The number of hydrogen-bond acceptors (Lipinski definition) is 8. The number of benzene rings is 2. The molecule has 0 radical (unpaired) electrons. The first-order valence-electron chi connectivity index (χ1n) is 15.8. The van der Waals surface area contributed by atoms with Crippen molar-refractivity contribution in [3.63, 3.8) is 0 Å². The van der Waals surface area contributed by atoms with Crippen LogP contribution in [0.15, 0.2) is 61.1 Å². The van der Waals surface area contributed by atoms with Gasteiger partial charge in [0.1, 0.15) is 12.4 Å². The Kier molecular flexibility index (Phi) is 14.7. The number of carbonyl (C=O) groups excluding carboxylic acids is 2. The zero-order valence-corrected chi connectivity index (χ0v) is 28.4. The number of nitrogens with zero attached hydrogens (tertiary/aromatic N) is 4. The minimum Gasteiger partial charge on any atom is -0.481 e. The van der Waals surface area contributed by atoms with Gasteiger partial charge in [-0.15, -0.1) is 0 Å². The van der Waals surface area contributed by atoms with Crippen molar-refractivity contribution >= 4 is 29.5 Å². The number of carbonyl (C=O) groups is 2. The highest BCUT2D eigenvalue weighted by molar-refractivity contribution is 5.96. The van der Waals surface area contributed by atoms with E-state index in [4.69, 9.17) is 15.3 Å². The van der Waals surface area contributed by atoms with Gasteiger partial charge in [0.25, 0.3) is 12.4 Å². The topological polar surface area (TPSA) is 129 Å². The van der Waals surface area contributed by atoms with Crippen LogP contribution in [0.5, 0.6) is 5.75 Å². The Morgan fingerprint density at radius 3 is 2.53 bits per heavy atom. The predicted octanol–water partition coefficient (Wildman–Crippen LogP) is 3.60. The molecule has 0 saturated carbocycles. The molecule has 0 aliphatic heterocycles. The van der Waals surface area contributed by atoms with E-state index in [1.165, 1.54) is 18.4 Å². The molecule has 1 amide bonds. The van der Waals surface area contributed by atoms with E-state index in [0.29, 0.717) is 42.6 Å². The molecule has 2 aromatic heterocycles. The van der Waals surface area contributed by atoms with Crippen LogP contribution in [0.1, 0.15) is 42.1 Å². The van der Waals surface area contributed by atoms with Gasteiger partial charge in [0.15, 0.2) is 11.5 Å². The molecule has 11 heteroatoms. The number of imidazole rings is 1. The Labute approximate surface area is 278 Å². The molecule has 250 valence electrons. The fourth-order valence-corrected chi connectivity index (χ4v) is 5.03. The summed E-state index contributed by atoms with van der Waals surface area (Å²) in [6.45, 7) is 7.12. The van der Waals surface area contributed by atoms with Crippen molar-refractivity contribution < 1.29 is 24.0 Å². The first-order valence-corrected chi connectivity index (χ1v) is 15.8. The molecule has 0 bridgehead atoms. The lowest BCUT2D eigenvalue weighted by atomic mass is 9.97. The second kappa shape index (κ2) is 18.9. The third-order valence-electron chi connectivity index (χ3n) is 7.78. The number of fused-ring (bicyclic) bond motifs is 1. The molecule has 0 aliphatic rings. The van der Waals surface area contributed by atoms with Crippen molar-refractivity contribution in [2.45, 2.75) is 33.1 Å². The average Bonchev–Trinajstić information content (AvgIpc) is 3.52. The molecule has 0 spiro atoms. The summed E-state index contributed by atoms with van der Waals surface area (Å²) in [5, 5.41) is 3.40. The molecule has 4 rings (SSSR count). The van der Waals surface area contributed by atoms with E-state index < -0.39 is 0 Å². The number of aromatic nitrogens is 3. The number of amides is 1. The normalized spacial score (nSPS) is 11.1. The number of anilines is 2. The van der Waals surface area contributed by atoms with E-state index in [1.54, 1.807) is 6.20 Å². The van der Waals surface area contributed by atoms with Crippen LogP contribution < -0.4 is 20.7 Å². The lowest BCUT2D eigenvalue weighted by Gasteiger charge is -2.22. The summed E-state index contributed by atoms with van der Waals surface area (Å²) in [5.41, 5.74) is 10.5. The van der Waals surface area contributed by atoms with Gasteiger partial charge in [0.05, 0.1) is 46.2 Å². The van der Waals surface area contributed by atoms with Crippen LogP contribution in [-0.2, 0) is 9.53 Å². The quantitative estimate of drug-likeness (QED) is 0.141. The number of quaternary nitrogens is 1. The Bertz CT molecular complexity index is 1640. The number of methoxy groups -OCH3 is 1. The van der Waals surface area contributed by atoms with Gasteiger partial charge in [0, 0.05) is 42.8 Å². The SMILES string of the molecule is CCC(CCN(C)C(=O)c1ccc(Nc2nccn3c(-c4ccc(OCC#CCN)cc4)cnc23)cc1C)CC[NH+](C)C.COC=O. The van der Waals surface area contributed by atoms with E-state index in [2.05, 4.69) is 52.9 Å². The Balaban J connectivity index is 0.00000142. The van der Waals surface area contributed by atoms with Gasteiger partial charge >= 0.3 is 0 Å². The first kappa shape index (κ1) is 36.5. The second-order valence-corrected chi connectivity index (χ2v) is 11.5. The molecule has 0 aliphatic carbocycles. The highest BCUT2D eigenvalue weighted by Gasteiger charge is 2.17.